The van der Waals surface area contributed by atoms with Gasteiger partial charge in [0.1, 0.15) is 0 Å². The quantitative estimate of drug-likeness (QED) is 0.721. The van der Waals surface area contributed by atoms with E-state index >= 15 is 0 Å². The van der Waals surface area contributed by atoms with Crippen LogP contribution in [-0.2, 0) is 4.79 Å². The van der Waals surface area contributed by atoms with Crippen molar-refractivity contribution in [2.75, 3.05) is 16.2 Å². The Bertz CT molecular complexity index is 526. The predicted octanol–water partition coefficient (Wildman–Crippen LogP) is 3.08. The summed E-state index contributed by atoms with van der Waals surface area (Å²) in [6.07, 6.45) is 0. The monoisotopic (exact) mass is 241 g/mol. The molecule has 0 aliphatic carbocycles. The van der Waals surface area contributed by atoms with Crippen molar-refractivity contribution < 1.29 is 4.79 Å². The summed E-state index contributed by atoms with van der Waals surface area (Å²) in [7, 11) is 0. The fraction of sp³-hybridized carbons (Fsp3) is 0.0714. The van der Waals surface area contributed by atoms with Crippen molar-refractivity contribution in [1.82, 2.24) is 0 Å². The maximum Gasteiger partial charge on any atom is 0.221 e. The lowest BCUT2D eigenvalue weighted by Gasteiger charge is -2.13. The fourth-order valence-corrected chi connectivity index (χ4v) is 1.55. The Hall–Kier alpha value is -2.49. The van der Waals surface area contributed by atoms with Gasteiger partial charge in [0.25, 0.3) is 0 Å². The lowest BCUT2D eigenvalue weighted by Crippen LogP contribution is -2.13. The van der Waals surface area contributed by atoms with Crippen molar-refractivity contribution >= 4 is 23.0 Å². The van der Waals surface area contributed by atoms with Gasteiger partial charge in [-0.2, -0.15) is 0 Å². The molecule has 1 amide bonds. The number of nitrogens with one attached hydrogen (secondary N) is 3. The Morgan fingerprint density at radius 3 is 2.11 bits per heavy atom. The zero-order valence-corrected chi connectivity index (χ0v) is 10.1. The van der Waals surface area contributed by atoms with E-state index in [2.05, 4.69) is 16.2 Å². The van der Waals surface area contributed by atoms with Gasteiger partial charge in [-0.25, -0.2) is 0 Å². The van der Waals surface area contributed by atoms with Crippen molar-refractivity contribution in [2.45, 2.75) is 6.92 Å². The summed E-state index contributed by atoms with van der Waals surface area (Å²) in [5.41, 5.74) is 8.66. The second-order valence-electron chi connectivity index (χ2n) is 3.84. The molecule has 0 saturated carbocycles. The van der Waals surface area contributed by atoms with Gasteiger partial charge in [0, 0.05) is 6.92 Å². The smallest absolute Gasteiger partial charge is 0.221 e. The maximum absolute atomic E-state index is 11.1. The maximum atomic E-state index is 11.1. The molecule has 92 valence electrons. The predicted molar refractivity (Wildman–Crippen MR) is 74.4 cm³/mol. The highest BCUT2D eigenvalue weighted by Crippen LogP contribution is 2.21. The Morgan fingerprint density at radius 1 is 0.833 bits per heavy atom. The molecule has 0 fully saturated rings. The third-order valence-electron chi connectivity index (χ3n) is 2.35. The van der Waals surface area contributed by atoms with E-state index in [1.54, 1.807) is 0 Å². The molecule has 0 aliphatic rings. The summed E-state index contributed by atoms with van der Waals surface area (Å²) < 4.78 is 0. The minimum Gasteiger partial charge on any atom is -0.324 e. The molecular formula is C14H15N3O. The van der Waals surface area contributed by atoms with Crippen LogP contribution < -0.4 is 16.2 Å². The van der Waals surface area contributed by atoms with Crippen molar-refractivity contribution in [2.24, 2.45) is 0 Å². The average Bonchev–Trinajstić information content (AvgIpc) is 2.38. The molecule has 2 aromatic carbocycles. The van der Waals surface area contributed by atoms with Crippen LogP contribution in [-0.4, -0.2) is 5.91 Å². The molecular weight excluding hydrogens is 226 g/mol. The molecule has 0 radical (unpaired) electrons. The van der Waals surface area contributed by atoms with E-state index in [4.69, 9.17) is 0 Å². The van der Waals surface area contributed by atoms with E-state index < -0.39 is 0 Å². The summed E-state index contributed by atoms with van der Waals surface area (Å²) in [6, 6.07) is 17.3. The SMILES string of the molecule is CC(=O)Nc1ccccc1NNc1ccccc1. The van der Waals surface area contributed by atoms with Gasteiger partial charge in [-0.15, -0.1) is 0 Å². The van der Waals surface area contributed by atoms with E-state index in [1.807, 2.05) is 54.6 Å². The number of carbonyl (C=O) groups is 1. The lowest BCUT2D eigenvalue weighted by molar-refractivity contribution is -0.114. The van der Waals surface area contributed by atoms with Crippen LogP contribution in [0.4, 0.5) is 17.1 Å². The van der Waals surface area contributed by atoms with Gasteiger partial charge in [0.2, 0.25) is 5.91 Å². The molecule has 2 aromatic rings. The number of hydrazine groups is 1. The minimum atomic E-state index is -0.0936. The van der Waals surface area contributed by atoms with Gasteiger partial charge in [-0.3, -0.25) is 10.2 Å². The van der Waals surface area contributed by atoms with Gasteiger partial charge in [0.15, 0.2) is 0 Å². The highest BCUT2D eigenvalue weighted by molar-refractivity contribution is 5.92. The first-order valence-electron chi connectivity index (χ1n) is 5.69. The van der Waals surface area contributed by atoms with E-state index in [0.29, 0.717) is 0 Å². The molecule has 4 heteroatoms. The van der Waals surface area contributed by atoms with Crippen LogP contribution in [0, 0.1) is 0 Å². The summed E-state index contributed by atoms with van der Waals surface area (Å²) >= 11 is 0. The normalized spacial score (nSPS) is 9.61. The summed E-state index contributed by atoms with van der Waals surface area (Å²) in [5, 5.41) is 2.77. The standard InChI is InChI=1S/C14H15N3O/c1-11(18)15-13-9-5-6-10-14(13)17-16-12-7-3-2-4-8-12/h2-10,16-17H,1H3,(H,15,18). The number of hydrogen-bond acceptors (Lipinski definition) is 3. The average molecular weight is 241 g/mol. The van der Waals surface area contributed by atoms with Gasteiger partial charge in [-0.05, 0) is 24.3 Å². The molecule has 0 unspecified atom stereocenters. The van der Waals surface area contributed by atoms with E-state index in [-0.39, 0.29) is 5.91 Å². The number of benzene rings is 2. The molecule has 0 aromatic heterocycles. The van der Waals surface area contributed by atoms with Crippen LogP contribution in [0.1, 0.15) is 6.92 Å². The molecule has 2 rings (SSSR count). The Balaban J connectivity index is 2.07. The Labute approximate surface area is 106 Å². The van der Waals surface area contributed by atoms with Crippen molar-refractivity contribution in [1.29, 1.82) is 0 Å². The number of anilines is 3. The topological polar surface area (TPSA) is 53.2 Å². The van der Waals surface area contributed by atoms with Crippen molar-refractivity contribution in [3.05, 3.63) is 54.6 Å². The van der Waals surface area contributed by atoms with Crippen LogP contribution in [0.5, 0.6) is 0 Å². The van der Waals surface area contributed by atoms with E-state index in [0.717, 1.165) is 17.1 Å². The molecule has 0 heterocycles. The minimum absolute atomic E-state index is 0.0936. The molecule has 3 N–H and O–H groups in total. The third-order valence-corrected chi connectivity index (χ3v) is 2.35. The highest BCUT2D eigenvalue weighted by atomic mass is 16.1. The Morgan fingerprint density at radius 2 is 1.44 bits per heavy atom. The largest absolute Gasteiger partial charge is 0.324 e. The summed E-state index contributed by atoms with van der Waals surface area (Å²) in [4.78, 5) is 11.1. The lowest BCUT2D eigenvalue weighted by atomic mass is 10.2. The first kappa shape index (κ1) is 12.0. The van der Waals surface area contributed by atoms with Gasteiger partial charge >= 0.3 is 0 Å². The Kier molecular flexibility index (Phi) is 3.81. The van der Waals surface area contributed by atoms with Crippen LogP contribution in [0.25, 0.3) is 0 Å². The van der Waals surface area contributed by atoms with Gasteiger partial charge in [-0.1, -0.05) is 30.3 Å². The van der Waals surface area contributed by atoms with Crippen molar-refractivity contribution in [3.63, 3.8) is 0 Å². The first-order valence-corrected chi connectivity index (χ1v) is 5.69. The number of hydrogen-bond donors (Lipinski definition) is 3. The zero-order valence-electron chi connectivity index (χ0n) is 10.1. The molecule has 0 bridgehead atoms. The molecule has 4 nitrogen and oxygen atoms in total. The molecule has 0 saturated heterocycles. The van der Waals surface area contributed by atoms with Gasteiger partial charge < -0.3 is 10.7 Å². The molecule has 0 spiro atoms. The second kappa shape index (κ2) is 5.72. The highest BCUT2D eigenvalue weighted by Gasteiger charge is 2.02. The molecule has 0 atom stereocenters. The molecule has 0 aliphatic heterocycles. The van der Waals surface area contributed by atoms with Crippen LogP contribution in [0.2, 0.25) is 0 Å². The number of carbonyl (C=O) groups excluding carboxylic acids is 1. The second-order valence-corrected chi connectivity index (χ2v) is 3.84. The number of rotatable bonds is 4. The molecule has 18 heavy (non-hydrogen) atoms. The van der Waals surface area contributed by atoms with Crippen LogP contribution >= 0.6 is 0 Å². The summed E-state index contributed by atoms with van der Waals surface area (Å²) in [6.45, 7) is 1.49. The fourth-order valence-electron chi connectivity index (χ4n) is 1.55. The van der Waals surface area contributed by atoms with Gasteiger partial charge in [0.05, 0.1) is 17.1 Å². The third kappa shape index (κ3) is 3.25. The zero-order chi connectivity index (χ0) is 12.8. The first-order chi connectivity index (χ1) is 8.75. The van der Waals surface area contributed by atoms with E-state index in [1.165, 1.54) is 6.92 Å². The summed E-state index contributed by atoms with van der Waals surface area (Å²) in [5.74, 6) is -0.0936. The number of para-hydroxylation sites is 3. The van der Waals surface area contributed by atoms with Crippen molar-refractivity contribution in [3.8, 4) is 0 Å². The van der Waals surface area contributed by atoms with E-state index in [9.17, 15) is 4.79 Å². The van der Waals surface area contributed by atoms with Crippen LogP contribution in [0.3, 0.4) is 0 Å². The van der Waals surface area contributed by atoms with Crippen LogP contribution in [0.15, 0.2) is 54.6 Å². The number of amides is 1.